The first-order valence-corrected chi connectivity index (χ1v) is 13.5. The molecule has 0 aliphatic heterocycles. The molecule has 0 bridgehead atoms. The van der Waals surface area contributed by atoms with Crippen LogP contribution in [0.5, 0.6) is 0 Å². The minimum Gasteiger partial charge on any atom is -0.460 e. The summed E-state index contributed by atoms with van der Waals surface area (Å²) in [5.74, 6) is -16.0. The number of hydrogen-bond donors (Lipinski definition) is 0. The Balaban J connectivity index is 1.89. The quantitative estimate of drug-likeness (QED) is 0.146. The van der Waals surface area contributed by atoms with Gasteiger partial charge >= 0.3 is 17.8 Å². The van der Waals surface area contributed by atoms with Crippen molar-refractivity contribution in [3.63, 3.8) is 0 Å². The van der Waals surface area contributed by atoms with E-state index in [1.165, 1.54) is 24.3 Å². The van der Waals surface area contributed by atoms with E-state index in [2.05, 4.69) is 0 Å². The Kier molecular flexibility index (Phi) is 7.10. The van der Waals surface area contributed by atoms with Gasteiger partial charge in [-0.1, -0.05) is 75.9 Å². The van der Waals surface area contributed by atoms with E-state index >= 15 is 26.3 Å². The zero-order valence-corrected chi connectivity index (χ0v) is 21.9. The Labute approximate surface area is 222 Å². The number of halogens is 6. The highest BCUT2D eigenvalue weighted by molar-refractivity contribution is 6.11. The van der Waals surface area contributed by atoms with Gasteiger partial charge in [-0.2, -0.15) is 26.3 Å². The van der Waals surface area contributed by atoms with Gasteiger partial charge in [0, 0.05) is 45.9 Å². The highest BCUT2D eigenvalue weighted by atomic mass is 19.3. The molecule has 8 heteroatoms. The van der Waals surface area contributed by atoms with E-state index in [4.69, 9.17) is 8.83 Å². The first-order valence-electron chi connectivity index (χ1n) is 13.5. The third-order valence-corrected chi connectivity index (χ3v) is 7.52. The Morgan fingerprint density at radius 2 is 0.949 bits per heavy atom. The summed E-state index contributed by atoms with van der Waals surface area (Å²) < 4.78 is 106. The van der Waals surface area contributed by atoms with Crippen molar-refractivity contribution < 1.29 is 35.2 Å². The van der Waals surface area contributed by atoms with Crippen LogP contribution in [-0.4, -0.2) is 17.8 Å². The van der Waals surface area contributed by atoms with Gasteiger partial charge in [-0.15, -0.1) is 0 Å². The van der Waals surface area contributed by atoms with Gasteiger partial charge in [-0.25, -0.2) is 0 Å². The number of alkyl halides is 6. The number of furan rings is 2. The zero-order valence-electron chi connectivity index (χ0n) is 21.9. The van der Waals surface area contributed by atoms with Crippen molar-refractivity contribution in [2.45, 2.75) is 83.0 Å². The smallest absolute Gasteiger partial charge is 0.380 e. The molecule has 0 saturated heterocycles. The summed E-state index contributed by atoms with van der Waals surface area (Å²) in [7, 11) is 0. The molecule has 2 aromatic carbocycles. The number of hydrogen-bond acceptors (Lipinski definition) is 2. The Morgan fingerprint density at radius 1 is 0.564 bits per heavy atom. The summed E-state index contributed by atoms with van der Waals surface area (Å²) in [6.45, 7) is 3.91. The van der Waals surface area contributed by atoms with Gasteiger partial charge in [-0.05, 0) is 25.0 Å². The van der Waals surface area contributed by atoms with Crippen molar-refractivity contribution in [1.29, 1.82) is 0 Å². The first-order chi connectivity index (χ1) is 18.6. The number of unbranched alkanes of at least 4 members (excludes halogenated alkanes) is 4. The predicted molar refractivity (Wildman–Crippen MR) is 141 cm³/mol. The van der Waals surface area contributed by atoms with Crippen molar-refractivity contribution in [3.05, 3.63) is 71.2 Å². The van der Waals surface area contributed by atoms with E-state index in [1.807, 2.05) is 13.8 Å². The van der Waals surface area contributed by atoms with Crippen molar-refractivity contribution >= 4 is 33.1 Å². The fourth-order valence-corrected chi connectivity index (χ4v) is 5.55. The van der Waals surface area contributed by atoms with Gasteiger partial charge in [0.15, 0.2) is 0 Å². The Hall–Kier alpha value is -3.16. The number of allylic oxidation sites excluding steroid dienone is 2. The molecule has 2 heterocycles. The lowest BCUT2D eigenvalue weighted by Gasteiger charge is -2.26. The summed E-state index contributed by atoms with van der Waals surface area (Å²) >= 11 is 0. The average Bonchev–Trinajstić information content (AvgIpc) is 3.47. The SMILES string of the molecule is CCCCCc1oc2ccccc2c1C1=C(c2c(CCCCC)oc3ccccc23)C(F)(F)C(F)(F)C1(F)F. The van der Waals surface area contributed by atoms with Crippen LogP contribution < -0.4 is 0 Å². The van der Waals surface area contributed by atoms with Crippen LogP contribution in [0.15, 0.2) is 57.4 Å². The van der Waals surface area contributed by atoms with Gasteiger partial charge in [0.2, 0.25) is 0 Å². The van der Waals surface area contributed by atoms with E-state index < -0.39 is 28.9 Å². The van der Waals surface area contributed by atoms with Crippen LogP contribution in [0.3, 0.4) is 0 Å². The minimum atomic E-state index is -5.66. The molecule has 0 N–H and O–H groups in total. The molecule has 2 aromatic heterocycles. The first kappa shape index (κ1) is 27.4. The summed E-state index contributed by atoms with van der Waals surface area (Å²) in [5, 5.41) is 0.204. The summed E-state index contributed by atoms with van der Waals surface area (Å²) in [4.78, 5) is 0. The van der Waals surface area contributed by atoms with Crippen molar-refractivity contribution in [2.24, 2.45) is 0 Å². The van der Waals surface area contributed by atoms with Gasteiger partial charge < -0.3 is 8.83 Å². The number of para-hydroxylation sites is 2. The average molecular weight is 549 g/mol. The largest absolute Gasteiger partial charge is 0.460 e. The molecule has 39 heavy (non-hydrogen) atoms. The topological polar surface area (TPSA) is 26.3 Å². The van der Waals surface area contributed by atoms with Gasteiger partial charge in [0.1, 0.15) is 22.7 Å². The van der Waals surface area contributed by atoms with E-state index in [1.54, 1.807) is 24.3 Å². The maximum atomic E-state index is 15.9. The monoisotopic (exact) mass is 548 g/mol. The molecule has 4 aromatic rings. The van der Waals surface area contributed by atoms with Crippen LogP contribution in [-0.2, 0) is 12.8 Å². The summed E-state index contributed by atoms with van der Waals surface area (Å²) in [5.41, 5.74) is -3.14. The molecular weight excluding hydrogens is 518 g/mol. The third-order valence-electron chi connectivity index (χ3n) is 7.52. The molecule has 1 aliphatic carbocycles. The molecule has 0 unspecified atom stereocenters. The van der Waals surface area contributed by atoms with Crippen molar-refractivity contribution in [2.75, 3.05) is 0 Å². The molecule has 0 radical (unpaired) electrons. The second-order valence-corrected chi connectivity index (χ2v) is 10.2. The maximum absolute atomic E-state index is 15.9. The minimum absolute atomic E-state index is 0.00524. The van der Waals surface area contributed by atoms with Crippen molar-refractivity contribution in [1.82, 2.24) is 0 Å². The normalized spacial score (nSPS) is 18.1. The maximum Gasteiger partial charge on any atom is 0.380 e. The Morgan fingerprint density at radius 3 is 1.33 bits per heavy atom. The summed E-state index contributed by atoms with van der Waals surface area (Å²) in [6.07, 6.45) is 4.46. The molecule has 0 spiro atoms. The van der Waals surface area contributed by atoms with E-state index in [-0.39, 0.29) is 57.4 Å². The van der Waals surface area contributed by atoms with E-state index in [9.17, 15) is 0 Å². The lowest BCUT2D eigenvalue weighted by Crippen LogP contribution is -2.49. The van der Waals surface area contributed by atoms with Crippen LogP contribution >= 0.6 is 0 Å². The van der Waals surface area contributed by atoms with Crippen LogP contribution in [0, 0.1) is 0 Å². The van der Waals surface area contributed by atoms with Gasteiger partial charge in [-0.3, -0.25) is 0 Å². The van der Waals surface area contributed by atoms with Crippen molar-refractivity contribution in [3.8, 4) is 0 Å². The number of benzene rings is 2. The second kappa shape index (κ2) is 10.1. The van der Waals surface area contributed by atoms with Crippen LogP contribution in [0.4, 0.5) is 26.3 Å². The van der Waals surface area contributed by atoms with Crippen LogP contribution in [0.1, 0.15) is 75.0 Å². The molecule has 0 amide bonds. The molecular formula is C31H30F6O2. The lowest BCUT2D eigenvalue weighted by molar-refractivity contribution is -0.254. The fraction of sp³-hybridized carbons (Fsp3) is 0.419. The number of aryl methyl sites for hydroxylation is 2. The lowest BCUT2D eigenvalue weighted by atomic mass is 9.89. The molecule has 1 aliphatic rings. The molecule has 0 atom stereocenters. The second-order valence-electron chi connectivity index (χ2n) is 10.2. The Bertz CT molecular complexity index is 1410. The van der Waals surface area contributed by atoms with Crippen LogP contribution in [0.2, 0.25) is 0 Å². The molecule has 5 rings (SSSR count). The predicted octanol–water partition coefficient (Wildman–Crippen LogP) is 10.5. The summed E-state index contributed by atoms with van der Waals surface area (Å²) in [6, 6.07) is 12.3. The number of rotatable bonds is 10. The van der Waals surface area contributed by atoms with Crippen LogP contribution in [0.25, 0.3) is 33.1 Å². The standard InChI is InChI=1S/C31H30F6O2/c1-3-5-7-17-23-25(19-13-9-11-15-21(19)38-23)27-28(30(34,35)31(36,37)29(27,32)33)26-20-14-10-12-16-22(20)39-24(26)18-8-6-4-2/h9-16H,3-8,17-18H2,1-2H3. The van der Waals surface area contributed by atoms with Gasteiger partial charge in [0.25, 0.3) is 0 Å². The fourth-order valence-electron chi connectivity index (χ4n) is 5.55. The molecule has 208 valence electrons. The zero-order chi connectivity index (χ0) is 28.0. The molecule has 0 fully saturated rings. The highest BCUT2D eigenvalue weighted by Crippen LogP contribution is 2.66. The van der Waals surface area contributed by atoms with E-state index in [0.717, 1.165) is 25.7 Å². The van der Waals surface area contributed by atoms with E-state index in [0.29, 0.717) is 12.8 Å². The highest BCUT2D eigenvalue weighted by Gasteiger charge is 2.81. The molecule has 2 nitrogen and oxygen atoms in total. The molecule has 0 saturated carbocycles. The number of fused-ring (bicyclic) bond motifs is 2. The third kappa shape index (κ3) is 4.18. The van der Waals surface area contributed by atoms with Gasteiger partial charge in [0.05, 0.1) is 0 Å².